The molecule has 0 radical (unpaired) electrons. The van der Waals surface area contributed by atoms with Crippen molar-refractivity contribution in [1.29, 1.82) is 0 Å². The Balaban J connectivity index is 1.48. The first-order chi connectivity index (χ1) is 18.2. The van der Waals surface area contributed by atoms with Crippen molar-refractivity contribution >= 4 is 27.0 Å². The molecule has 0 unspecified atom stereocenters. The number of primary sulfonamides is 1. The molecule has 1 aromatic heterocycles. The van der Waals surface area contributed by atoms with E-state index in [4.69, 9.17) is 25.3 Å². The molecule has 1 aliphatic rings. The second-order valence-electron chi connectivity index (χ2n) is 9.79. The molecule has 0 saturated carbocycles. The summed E-state index contributed by atoms with van der Waals surface area (Å²) in [5.74, 6) is 1.43. The number of imidazole rings is 1. The van der Waals surface area contributed by atoms with E-state index in [0.717, 1.165) is 42.7 Å². The predicted molar refractivity (Wildman–Crippen MR) is 145 cm³/mol. The summed E-state index contributed by atoms with van der Waals surface area (Å²) in [6.07, 6.45) is 2.92. The minimum Gasteiger partial charge on any atom is -0.496 e. The van der Waals surface area contributed by atoms with Crippen LogP contribution in [0.1, 0.15) is 43.0 Å². The van der Waals surface area contributed by atoms with Crippen LogP contribution in [0.15, 0.2) is 47.4 Å². The molecule has 0 aliphatic carbocycles. The quantitative estimate of drug-likeness (QED) is 0.354. The van der Waals surface area contributed by atoms with Gasteiger partial charge in [0.1, 0.15) is 11.6 Å². The second kappa shape index (κ2) is 12.2. The second-order valence-corrected chi connectivity index (χ2v) is 11.3. The maximum absolute atomic E-state index is 13.3. The summed E-state index contributed by atoms with van der Waals surface area (Å²) in [5.41, 5.74) is 8.80. The molecule has 0 spiro atoms. The molecule has 4 N–H and O–H groups in total. The fourth-order valence-corrected chi connectivity index (χ4v) is 6.11. The Bertz CT molecular complexity index is 1370. The number of aromatic nitrogens is 2. The Kier molecular flexibility index (Phi) is 9.03. The number of nitrogens with zero attached hydrogens (tertiary/aromatic N) is 3. The van der Waals surface area contributed by atoms with E-state index in [1.54, 1.807) is 19.2 Å². The van der Waals surface area contributed by atoms with Gasteiger partial charge in [-0.15, -0.1) is 0 Å². The number of fused-ring (bicyclic) bond motifs is 1. The van der Waals surface area contributed by atoms with Crippen molar-refractivity contribution in [2.45, 2.75) is 55.5 Å². The van der Waals surface area contributed by atoms with Crippen molar-refractivity contribution in [2.75, 3.05) is 33.9 Å². The van der Waals surface area contributed by atoms with E-state index < -0.39 is 16.1 Å². The van der Waals surface area contributed by atoms with E-state index in [1.807, 2.05) is 23.1 Å². The molecule has 1 saturated heterocycles. The number of hydrogen-bond acceptors (Lipinski definition) is 7. The number of rotatable bonds is 11. The first-order valence-corrected chi connectivity index (χ1v) is 14.4. The largest absolute Gasteiger partial charge is 0.496 e. The first kappa shape index (κ1) is 28.0. The van der Waals surface area contributed by atoms with Crippen molar-refractivity contribution < 1.29 is 22.7 Å². The summed E-state index contributed by atoms with van der Waals surface area (Å²) in [5, 5.41) is 5.41. The van der Waals surface area contributed by atoms with E-state index in [9.17, 15) is 13.2 Å². The molecule has 1 aliphatic heterocycles. The van der Waals surface area contributed by atoms with Crippen molar-refractivity contribution in [2.24, 2.45) is 10.9 Å². The van der Waals surface area contributed by atoms with Gasteiger partial charge in [0.15, 0.2) is 0 Å². The Hall–Kier alpha value is -2.99. The van der Waals surface area contributed by atoms with Gasteiger partial charge in [-0.1, -0.05) is 18.2 Å². The number of nitrogens with two attached hydrogens (primary N) is 2. The molecule has 0 bridgehead atoms. The van der Waals surface area contributed by atoms with Gasteiger partial charge in [0.25, 0.3) is 0 Å². The lowest BCUT2D eigenvalue weighted by atomic mass is 9.96. The lowest BCUT2D eigenvalue weighted by Gasteiger charge is -2.33. The summed E-state index contributed by atoms with van der Waals surface area (Å²) in [4.78, 5) is 20.1. The van der Waals surface area contributed by atoms with Gasteiger partial charge in [-0.25, -0.2) is 18.5 Å². The van der Waals surface area contributed by atoms with Gasteiger partial charge in [-0.05, 0) is 49.9 Å². The zero-order valence-electron chi connectivity index (χ0n) is 22.0. The van der Waals surface area contributed by atoms with E-state index in [0.29, 0.717) is 31.0 Å². The van der Waals surface area contributed by atoms with Gasteiger partial charge in [-0.3, -0.25) is 4.79 Å². The number of amides is 1. The highest BCUT2D eigenvalue weighted by molar-refractivity contribution is 7.89. The van der Waals surface area contributed by atoms with Crippen LogP contribution in [0, 0.1) is 0 Å². The van der Waals surface area contributed by atoms with E-state index in [2.05, 4.69) is 10.6 Å². The zero-order chi connectivity index (χ0) is 27.3. The highest BCUT2D eigenvalue weighted by atomic mass is 32.2. The van der Waals surface area contributed by atoms with Crippen LogP contribution < -0.4 is 15.6 Å². The minimum atomic E-state index is -3.97. The SMILES string of the molecule is COCCCn1c([C@@H]2CCCN(C(=O)C[C@@H](N)Cc3c(OC)cccc3S(N)(=O)=O)C2)nc2ccccc21. The molecule has 38 heavy (non-hydrogen) atoms. The Labute approximate surface area is 224 Å². The van der Waals surface area contributed by atoms with Gasteiger partial charge in [0.2, 0.25) is 15.9 Å². The number of likely N-dealkylation sites (tertiary alicyclic amines) is 1. The topological polar surface area (TPSA) is 143 Å². The average molecular weight is 544 g/mol. The molecule has 4 rings (SSSR count). The molecule has 11 heteroatoms. The minimum absolute atomic E-state index is 0.0369. The van der Waals surface area contributed by atoms with Gasteiger partial charge < -0.3 is 24.7 Å². The first-order valence-electron chi connectivity index (χ1n) is 12.9. The molecule has 2 heterocycles. The maximum Gasteiger partial charge on any atom is 0.238 e. The van der Waals surface area contributed by atoms with E-state index >= 15 is 0 Å². The molecular formula is C27H37N5O5S. The number of carbonyl (C=O) groups is 1. The molecule has 3 aromatic rings. The lowest BCUT2D eigenvalue weighted by Crippen LogP contribution is -2.42. The summed E-state index contributed by atoms with van der Waals surface area (Å²) in [6.45, 7) is 2.68. The Morgan fingerprint density at radius 3 is 2.71 bits per heavy atom. The monoisotopic (exact) mass is 543 g/mol. The maximum atomic E-state index is 13.3. The molecular weight excluding hydrogens is 506 g/mol. The third-order valence-electron chi connectivity index (χ3n) is 7.07. The number of hydrogen-bond donors (Lipinski definition) is 2. The molecule has 1 amide bonds. The van der Waals surface area contributed by atoms with E-state index in [-0.39, 0.29) is 29.6 Å². The highest BCUT2D eigenvalue weighted by Crippen LogP contribution is 2.31. The normalized spacial score (nSPS) is 17.1. The van der Waals surface area contributed by atoms with Gasteiger partial charge in [-0.2, -0.15) is 0 Å². The molecule has 1 fully saturated rings. The number of methoxy groups -OCH3 is 2. The summed E-state index contributed by atoms with van der Waals surface area (Å²) in [7, 11) is -0.813. The number of ether oxygens (including phenoxy) is 2. The van der Waals surface area contributed by atoms with Gasteiger partial charge >= 0.3 is 0 Å². The van der Waals surface area contributed by atoms with E-state index in [1.165, 1.54) is 13.2 Å². The van der Waals surface area contributed by atoms with Crippen LogP contribution in [0.4, 0.5) is 0 Å². The van der Waals surface area contributed by atoms with Gasteiger partial charge in [0.05, 0.1) is 23.0 Å². The summed E-state index contributed by atoms with van der Waals surface area (Å²) >= 11 is 0. The number of piperidine rings is 1. The van der Waals surface area contributed by atoms with Crippen LogP contribution in [0.5, 0.6) is 5.75 Å². The summed E-state index contributed by atoms with van der Waals surface area (Å²) in [6, 6.07) is 12.2. The number of sulfonamides is 1. The van der Waals surface area contributed by atoms with Crippen LogP contribution in [-0.2, 0) is 32.5 Å². The lowest BCUT2D eigenvalue weighted by molar-refractivity contribution is -0.132. The predicted octanol–water partition coefficient (Wildman–Crippen LogP) is 2.39. The number of carbonyl (C=O) groups excluding carboxylic acids is 1. The number of benzene rings is 2. The third-order valence-corrected chi connectivity index (χ3v) is 8.07. The van der Waals surface area contributed by atoms with Crippen molar-refractivity contribution in [3.63, 3.8) is 0 Å². The van der Waals surface area contributed by atoms with Crippen LogP contribution in [-0.4, -0.2) is 68.7 Å². The molecule has 2 atom stereocenters. The van der Waals surface area contributed by atoms with Gasteiger partial charge in [0, 0.05) is 57.3 Å². The van der Waals surface area contributed by atoms with Crippen LogP contribution >= 0.6 is 0 Å². The van der Waals surface area contributed by atoms with Crippen molar-refractivity contribution in [3.8, 4) is 5.75 Å². The molecule has 2 aromatic carbocycles. The Morgan fingerprint density at radius 2 is 1.97 bits per heavy atom. The van der Waals surface area contributed by atoms with Crippen molar-refractivity contribution in [1.82, 2.24) is 14.5 Å². The smallest absolute Gasteiger partial charge is 0.238 e. The summed E-state index contributed by atoms with van der Waals surface area (Å²) < 4.78 is 37.1. The highest BCUT2D eigenvalue weighted by Gasteiger charge is 2.30. The fraction of sp³-hybridized carbons (Fsp3) is 0.481. The number of para-hydroxylation sites is 2. The van der Waals surface area contributed by atoms with Crippen molar-refractivity contribution in [3.05, 3.63) is 53.9 Å². The molecule has 10 nitrogen and oxygen atoms in total. The standard InChI is InChI=1S/C27H37N5O5S/c1-36-15-7-14-32-23-10-4-3-9-22(23)30-27(32)19-8-6-13-31(18-19)26(33)17-20(28)16-21-24(37-2)11-5-12-25(21)38(29,34)35/h3-5,9-12,19-20H,6-8,13-18,28H2,1-2H3,(H2,29,34,35)/t19-,20+/m1/s1. The Morgan fingerprint density at radius 1 is 1.18 bits per heavy atom. The average Bonchev–Trinajstić information content (AvgIpc) is 3.27. The number of aryl methyl sites for hydroxylation is 1. The van der Waals surface area contributed by atoms with Crippen LogP contribution in [0.2, 0.25) is 0 Å². The van der Waals surface area contributed by atoms with Crippen LogP contribution in [0.25, 0.3) is 11.0 Å². The zero-order valence-corrected chi connectivity index (χ0v) is 22.8. The molecule has 206 valence electrons. The fourth-order valence-electron chi connectivity index (χ4n) is 5.31. The third kappa shape index (κ3) is 6.35. The van der Waals surface area contributed by atoms with Crippen LogP contribution in [0.3, 0.4) is 0 Å².